The lowest BCUT2D eigenvalue weighted by molar-refractivity contribution is 0.310. The van der Waals surface area contributed by atoms with Crippen LogP contribution in [0.3, 0.4) is 0 Å². The van der Waals surface area contributed by atoms with Crippen molar-refractivity contribution in [2.24, 2.45) is 5.92 Å². The molecule has 0 radical (unpaired) electrons. The van der Waals surface area contributed by atoms with Gasteiger partial charge in [0, 0.05) is 0 Å². The number of hydrogen-bond donors (Lipinski definition) is 0. The highest BCUT2D eigenvalue weighted by Gasteiger charge is 2.47. The number of hydrogen-bond acceptors (Lipinski definition) is 4. The Morgan fingerprint density at radius 1 is 0.852 bits per heavy atom. The second-order valence-corrected chi connectivity index (χ2v) is 25.1. The molecule has 0 aromatic heterocycles. The topological polar surface area (TPSA) is 40.2 Å². The van der Waals surface area contributed by atoms with Crippen LogP contribution in [0.25, 0.3) is 0 Å². The summed E-state index contributed by atoms with van der Waals surface area (Å²) in [5.41, 5.74) is 4.00. The summed E-state index contributed by atoms with van der Waals surface area (Å²) in [6.45, 7) is 23.3. The molecule has 8 heteroatoms. The van der Waals surface area contributed by atoms with E-state index in [0.29, 0.717) is 12.2 Å². The van der Waals surface area contributed by atoms with Gasteiger partial charge in [0.05, 0.1) is 12.2 Å². The molecule has 4 nitrogen and oxygen atoms in total. The second-order valence-electron chi connectivity index (χ2n) is 9.89. The van der Waals surface area contributed by atoms with E-state index in [2.05, 4.69) is 59.0 Å². The normalized spacial score (nSPS) is 28.2. The van der Waals surface area contributed by atoms with Crippen LogP contribution in [0.4, 0.5) is 0 Å². The molecule has 4 atom stereocenters. The molecule has 2 aliphatic rings. The summed E-state index contributed by atoms with van der Waals surface area (Å²) < 4.78 is 25.7. The van der Waals surface area contributed by atoms with Crippen LogP contribution < -0.4 is 0 Å². The molecule has 1 aliphatic heterocycles. The van der Waals surface area contributed by atoms with Crippen molar-refractivity contribution < 1.29 is 17.1 Å². The molecule has 4 unspecified atom stereocenters. The molecule has 1 saturated heterocycles. The van der Waals surface area contributed by atoms with Gasteiger partial charge in [-0.15, -0.1) is 13.2 Å². The van der Waals surface area contributed by atoms with E-state index in [0.717, 1.165) is 12.0 Å². The van der Waals surface area contributed by atoms with E-state index in [1.54, 1.807) is 0 Å². The van der Waals surface area contributed by atoms with Crippen LogP contribution in [0.5, 0.6) is 0 Å². The van der Waals surface area contributed by atoms with Gasteiger partial charge in [-0.25, -0.2) is 0 Å². The first-order chi connectivity index (χ1) is 12.3. The molecule has 1 aliphatic carbocycles. The fourth-order valence-electron chi connectivity index (χ4n) is 4.15. The van der Waals surface area contributed by atoms with Crippen molar-refractivity contribution >= 4 is 33.8 Å². The molecule has 0 amide bonds. The molecule has 0 N–H and O–H groups in total. The van der Waals surface area contributed by atoms with Gasteiger partial charge in [0.25, 0.3) is 0 Å². The first kappa shape index (κ1) is 23.5. The van der Waals surface area contributed by atoms with Crippen LogP contribution in [0.15, 0.2) is 24.6 Å². The fourth-order valence-corrected chi connectivity index (χ4v) is 21.3. The van der Waals surface area contributed by atoms with E-state index in [4.69, 9.17) is 17.1 Å². The second kappa shape index (κ2) is 8.51. The van der Waals surface area contributed by atoms with Crippen molar-refractivity contribution in [3.63, 3.8) is 0 Å². The van der Waals surface area contributed by atoms with E-state index in [1.165, 1.54) is 25.7 Å². The third-order valence-electron chi connectivity index (χ3n) is 5.55. The van der Waals surface area contributed by atoms with Crippen LogP contribution in [0, 0.1) is 5.92 Å². The van der Waals surface area contributed by atoms with Crippen molar-refractivity contribution in [1.29, 1.82) is 0 Å². The zero-order valence-electron chi connectivity index (χ0n) is 18.5. The molecular weight excluding hydrogens is 405 g/mol. The first-order valence-corrected chi connectivity index (χ1v) is 21.6. The highest BCUT2D eigenvalue weighted by atomic mass is 28.5. The Hall–Kier alpha value is 0.188. The van der Waals surface area contributed by atoms with Gasteiger partial charge in [-0.05, 0) is 83.5 Å². The number of epoxide rings is 1. The minimum atomic E-state index is -2.37. The Kier molecular flexibility index (Phi) is 7.40. The Labute approximate surface area is 171 Å². The molecule has 1 saturated carbocycles. The summed E-state index contributed by atoms with van der Waals surface area (Å²) in [5, 5.41) is 0. The molecule has 0 aromatic carbocycles. The zero-order chi connectivity index (χ0) is 20.5. The number of ether oxygens (including phenoxy) is 1. The maximum absolute atomic E-state index is 6.81. The quantitative estimate of drug-likeness (QED) is 0.306. The smallest absolute Gasteiger partial charge is 0.316 e. The average molecular weight is 445 g/mol. The van der Waals surface area contributed by atoms with Gasteiger partial charge in [-0.1, -0.05) is 11.4 Å². The Morgan fingerprint density at radius 2 is 1.44 bits per heavy atom. The summed E-state index contributed by atoms with van der Waals surface area (Å²) in [5.74, 6) is 0.742. The third kappa shape index (κ3) is 7.50. The first-order valence-electron chi connectivity index (χ1n) is 10.3. The number of rotatable bonds is 11. The Balaban J connectivity index is 2.05. The van der Waals surface area contributed by atoms with Crippen LogP contribution >= 0.6 is 0 Å². The summed E-state index contributed by atoms with van der Waals surface area (Å²) >= 11 is 0. The van der Waals surface area contributed by atoms with Gasteiger partial charge < -0.3 is 17.1 Å². The minimum Gasteiger partial charge on any atom is -0.433 e. The standard InChI is InChI=1S/C19H40O4Si4/c1-10-24(3,4)21-26(7,8)23-27(9,22-25(5,6)11-2)15-14-17-12-13-18-19(16-17)20-18/h10-11,17-19H,1-2,12-16H2,3-9H3. The van der Waals surface area contributed by atoms with E-state index in [9.17, 15) is 0 Å². The molecule has 2 rings (SSSR count). The summed E-state index contributed by atoms with van der Waals surface area (Å²) in [6.07, 6.45) is 5.99. The zero-order valence-corrected chi connectivity index (χ0v) is 22.5. The summed E-state index contributed by atoms with van der Waals surface area (Å²) in [7, 11) is -8.51. The summed E-state index contributed by atoms with van der Waals surface area (Å²) in [6, 6.07) is 1.02. The van der Waals surface area contributed by atoms with E-state index in [-0.39, 0.29) is 0 Å². The third-order valence-corrected chi connectivity index (χ3v) is 20.3. The molecule has 0 bridgehead atoms. The Morgan fingerprint density at radius 3 is 2.00 bits per heavy atom. The van der Waals surface area contributed by atoms with Gasteiger partial charge >= 0.3 is 17.1 Å². The molecule has 156 valence electrons. The van der Waals surface area contributed by atoms with Crippen molar-refractivity contribution in [3.8, 4) is 0 Å². The minimum absolute atomic E-state index is 0.533. The fraction of sp³-hybridized carbons (Fsp3) is 0.789. The molecule has 0 aromatic rings. The van der Waals surface area contributed by atoms with Gasteiger partial charge in [0.2, 0.25) is 0 Å². The monoisotopic (exact) mass is 444 g/mol. The number of fused-ring (bicyclic) bond motifs is 1. The van der Waals surface area contributed by atoms with Gasteiger partial charge in [-0.2, -0.15) is 0 Å². The van der Waals surface area contributed by atoms with Crippen LogP contribution in [0.2, 0.25) is 51.9 Å². The molecular formula is C19H40O4Si4. The van der Waals surface area contributed by atoms with Crippen LogP contribution in [0.1, 0.15) is 25.7 Å². The predicted octanol–water partition coefficient (Wildman–Crippen LogP) is 5.63. The maximum atomic E-state index is 6.81. The lowest BCUT2D eigenvalue weighted by atomic mass is 9.88. The SMILES string of the molecule is C=C[Si](C)(C)O[Si](C)(C)O[Si](C)(CCC1CCC2OC2C1)O[Si](C)(C)C=C. The van der Waals surface area contributed by atoms with Crippen molar-refractivity contribution in [2.45, 2.75) is 89.8 Å². The molecule has 1 heterocycles. The van der Waals surface area contributed by atoms with E-state index in [1.807, 2.05) is 11.4 Å². The Bertz CT molecular complexity index is 552. The van der Waals surface area contributed by atoms with Crippen molar-refractivity contribution in [2.75, 3.05) is 0 Å². The van der Waals surface area contributed by atoms with Crippen molar-refractivity contribution in [1.82, 2.24) is 0 Å². The highest BCUT2D eigenvalue weighted by Crippen LogP contribution is 2.42. The van der Waals surface area contributed by atoms with Crippen molar-refractivity contribution in [3.05, 3.63) is 24.6 Å². The van der Waals surface area contributed by atoms with Crippen LogP contribution in [-0.2, 0) is 17.1 Å². The lowest BCUT2D eigenvalue weighted by Gasteiger charge is -2.42. The van der Waals surface area contributed by atoms with Crippen LogP contribution in [-0.4, -0.2) is 46.0 Å². The maximum Gasteiger partial charge on any atom is 0.316 e. The van der Waals surface area contributed by atoms with Gasteiger partial charge in [0.15, 0.2) is 16.6 Å². The molecule has 27 heavy (non-hydrogen) atoms. The molecule has 0 spiro atoms. The molecule has 2 fully saturated rings. The highest BCUT2D eigenvalue weighted by molar-refractivity contribution is 6.91. The average Bonchev–Trinajstić information content (AvgIpc) is 3.29. The predicted molar refractivity (Wildman–Crippen MR) is 123 cm³/mol. The van der Waals surface area contributed by atoms with E-state index >= 15 is 0 Å². The largest absolute Gasteiger partial charge is 0.433 e. The van der Waals surface area contributed by atoms with E-state index < -0.39 is 33.8 Å². The van der Waals surface area contributed by atoms with Gasteiger partial charge in [0.1, 0.15) is 0 Å². The summed E-state index contributed by atoms with van der Waals surface area (Å²) in [4.78, 5) is 0. The van der Waals surface area contributed by atoms with Gasteiger partial charge in [-0.3, -0.25) is 0 Å². The lowest BCUT2D eigenvalue weighted by Crippen LogP contribution is -2.57.